The van der Waals surface area contributed by atoms with E-state index in [4.69, 9.17) is 14.2 Å². The molecule has 0 unspecified atom stereocenters. The maximum atomic E-state index is 9.49. The van der Waals surface area contributed by atoms with Crippen LogP contribution in [0.2, 0.25) is 0 Å². The van der Waals surface area contributed by atoms with Gasteiger partial charge in [0.25, 0.3) is 0 Å². The molecule has 0 bridgehead atoms. The van der Waals surface area contributed by atoms with Crippen molar-refractivity contribution in [3.8, 4) is 11.5 Å². The summed E-state index contributed by atoms with van der Waals surface area (Å²) in [6.45, 7) is 0. The first-order valence-electron chi connectivity index (χ1n) is 8.42. The number of hydrogen-bond donors (Lipinski definition) is 2. The van der Waals surface area contributed by atoms with Gasteiger partial charge in [0.05, 0.1) is 12.4 Å². The molecule has 4 rings (SSSR count). The zero-order chi connectivity index (χ0) is 18.5. The number of hydrogen-bond acceptors (Lipinski definition) is 7. The first-order chi connectivity index (χ1) is 13.3. The molecule has 0 radical (unpaired) electrons. The lowest BCUT2D eigenvalue weighted by molar-refractivity contribution is 0.121. The van der Waals surface area contributed by atoms with Crippen LogP contribution in [-0.2, 0) is 9.47 Å². The molecule has 2 aliphatic rings. The Balaban J connectivity index is 1.38. The maximum Gasteiger partial charge on any atom is 0.327 e. The van der Waals surface area contributed by atoms with Crippen LogP contribution in [0.3, 0.4) is 0 Å². The summed E-state index contributed by atoms with van der Waals surface area (Å²) in [7, 11) is 0. The van der Waals surface area contributed by atoms with E-state index in [1.165, 1.54) is 18.7 Å². The summed E-state index contributed by atoms with van der Waals surface area (Å²) in [6.07, 6.45) is 13.9. The molecule has 1 aliphatic heterocycles. The number of nitrogens with one attached hydrogen (secondary N) is 1. The molecule has 27 heavy (non-hydrogen) atoms. The van der Waals surface area contributed by atoms with Crippen molar-refractivity contribution in [2.75, 3.05) is 5.32 Å². The van der Waals surface area contributed by atoms with Crippen LogP contribution in [0.25, 0.3) is 0 Å². The molecule has 7 nitrogen and oxygen atoms in total. The minimum Gasteiger partial charge on any atom is -0.508 e. The Morgan fingerprint density at radius 2 is 2.04 bits per heavy atom. The molecule has 1 aromatic carbocycles. The molecule has 0 saturated heterocycles. The van der Waals surface area contributed by atoms with Crippen LogP contribution in [0.1, 0.15) is 12.8 Å². The van der Waals surface area contributed by atoms with E-state index in [9.17, 15) is 5.11 Å². The summed E-state index contributed by atoms with van der Waals surface area (Å²) >= 11 is 0. The molecule has 0 spiro atoms. The molecule has 2 N–H and O–H groups in total. The number of nitrogens with zero attached hydrogens (tertiary/aromatic N) is 2. The Hall–Kier alpha value is -3.74. The fraction of sp³-hybridized carbons (Fsp3) is 0.100. The van der Waals surface area contributed by atoms with Crippen molar-refractivity contribution in [2.45, 2.75) is 12.8 Å². The van der Waals surface area contributed by atoms with Gasteiger partial charge < -0.3 is 24.6 Å². The fourth-order valence-corrected chi connectivity index (χ4v) is 2.56. The minimum absolute atomic E-state index is 0.161. The van der Waals surface area contributed by atoms with Crippen molar-refractivity contribution < 1.29 is 19.3 Å². The van der Waals surface area contributed by atoms with Gasteiger partial charge in [-0.2, -0.15) is 0 Å². The van der Waals surface area contributed by atoms with Crippen LogP contribution in [0.15, 0.2) is 84.7 Å². The number of anilines is 2. The lowest BCUT2D eigenvalue weighted by Crippen LogP contribution is -2.08. The van der Waals surface area contributed by atoms with Crippen molar-refractivity contribution >= 4 is 11.6 Å². The zero-order valence-corrected chi connectivity index (χ0v) is 14.3. The molecular formula is C20H17N3O4. The van der Waals surface area contributed by atoms with Crippen molar-refractivity contribution in [3.63, 3.8) is 0 Å². The summed E-state index contributed by atoms with van der Waals surface area (Å²) < 4.78 is 16.7. The summed E-state index contributed by atoms with van der Waals surface area (Å²) in [6, 6.07) is 6.69. The highest BCUT2D eigenvalue weighted by atomic mass is 16.7. The van der Waals surface area contributed by atoms with Crippen LogP contribution in [0, 0.1) is 0 Å². The number of ether oxygens (including phenoxy) is 3. The van der Waals surface area contributed by atoms with Crippen LogP contribution < -0.4 is 10.1 Å². The predicted octanol–water partition coefficient (Wildman–Crippen LogP) is 4.27. The topological polar surface area (TPSA) is 85.7 Å². The molecule has 2 aromatic rings. The molecular weight excluding hydrogens is 346 g/mol. The van der Waals surface area contributed by atoms with Crippen molar-refractivity contribution in [2.24, 2.45) is 0 Å². The quantitative estimate of drug-likeness (QED) is 0.820. The van der Waals surface area contributed by atoms with Gasteiger partial charge in [0.15, 0.2) is 17.8 Å². The van der Waals surface area contributed by atoms with Crippen LogP contribution in [-0.4, -0.2) is 15.1 Å². The highest BCUT2D eigenvalue weighted by molar-refractivity contribution is 5.55. The van der Waals surface area contributed by atoms with Crippen molar-refractivity contribution in [3.05, 3.63) is 84.7 Å². The van der Waals surface area contributed by atoms with E-state index in [0.29, 0.717) is 23.1 Å². The predicted molar refractivity (Wildman–Crippen MR) is 98.8 cm³/mol. The van der Waals surface area contributed by atoms with Gasteiger partial charge in [-0.05, 0) is 30.5 Å². The fourth-order valence-electron chi connectivity index (χ4n) is 2.56. The number of phenolic OH excluding ortho intramolecular Hbond substituents is 1. The molecule has 0 saturated carbocycles. The Kier molecular flexibility index (Phi) is 4.74. The standard InChI is InChI=1S/C20H17N3O4/c24-16-8-4-7-15(9-16)23-20-21-10-17(11-22-20)26-19-13-25-12-18(27-19)14-5-2-1-3-6-14/h1-2,4-5,7-13,24H,3,6H2,(H,21,22,23). The molecule has 0 amide bonds. The lowest BCUT2D eigenvalue weighted by Gasteiger charge is -2.19. The van der Waals surface area contributed by atoms with Crippen molar-refractivity contribution in [1.29, 1.82) is 0 Å². The number of aromatic hydroxyl groups is 1. The van der Waals surface area contributed by atoms with Crippen LogP contribution in [0.5, 0.6) is 11.5 Å². The highest BCUT2D eigenvalue weighted by Crippen LogP contribution is 2.27. The molecule has 7 heteroatoms. The van der Waals surface area contributed by atoms with E-state index < -0.39 is 0 Å². The molecule has 0 fully saturated rings. The van der Waals surface area contributed by atoms with Gasteiger partial charge in [0, 0.05) is 11.8 Å². The second kappa shape index (κ2) is 7.65. The van der Waals surface area contributed by atoms with E-state index in [1.54, 1.807) is 30.5 Å². The first kappa shape index (κ1) is 16.7. The number of allylic oxidation sites excluding steroid dienone is 4. The molecule has 2 heterocycles. The van der Waals surface area contributed by atoms with Gasteiger partial charge in [-0.15, -0.1) is 0 Å². The summed E-state index contributed by atoms with van der Waals surface area (Å²) in [5, 5.41) is 12.5. The van der Waals surface area contributed by atoms with E-state index in [0.717, 1.165) is 18.4 Å². The minimum atomic E-state index is 0.161. The normalized spacial score (nSPS) is 15.6. The largest absolute Gasteiger partial charge is 0.508 e. The first-order valence-corrected chi connectivity index (χ1v) is 8.42. The van der Waals surface area contributed by atoms with Gasteiger partial charge in [0.1, 0.15) is 12.0 Å². The Bertz CT molecular complexity index is 946. The molecule has 1 aromatic heterocycles. The number of benzene rings is 1. The highest BCUT2D eigenvalue weighted by Gasteiger charge is 2.17. The number of aromatic nitrogens is 2. The van der Waals surface area contributed by atoms with E-state index in [1.807, 2.05) is 12.2 Å². The zero-order valence-electron chi connectivity index (χ0n) is 14.3. The third-order valence-electron chi connectivity index (χ3n) is 3.83. The maximum absolute atomic E-state index is 9.49. The summed E-state index contributed by atoms with van der Waals surface area (Å²) in [4.78, 5) is 8.38. The van der Waals surface area contributed by atoms with Crippen LogP contribution >= 0.6 is 0 Å². The molecule has 0 atom stereocenters. The van der Waals surface area contributed by atoms with E-state index in [-0.39, 0.29) is 11.7 Å². The van der Waals surface area contributed by atoms with Gasteiger partial charge in [0.2, 0.25) is 5.95 Å². The van der Waals surface area contributed by atoms with Crippen LogP contribution in [0.4, 0.5) is 11.6 Å². The second-order valence-electron chi connectivity index (χ2n) is 5.84. The average molecular weight is 363 g/mol. The Morgan fingerprint density at radius 3 is 2.81 bits per heavy atom. The van der Waals surface area contributed by atoms with Gasteiger partial charge in [-0.1, -0.05) is 24.3 Å². The Labute approximate surface area is 155 Å². The van der Waals surface area contributed by atoms with Crippen molar-refractivity contribution in [1.82, 2.24) is 9.97 Å². The number of phenols is 1. The lowest BCUT2D eigenvalue weighted by atomic mass is 10.0. The third-order valence-corrected chi connectivity index (χ3v) is 3.83. The van der Waals surface area contributed by atoms with E-state index in [2.05, 4.69) is 21.4 Å². The van der Waals surface area contributed by atoms with Gasteiger partial charge in [-0.25, -0.2) is 9.97 Å². The third kappa shape index (κ3) is 4.27. The number of rotatable bonds is 5. The van der Waals surface area contributed by atoms with E-state index >= 15 is 0 Å². The van der Waals surface area contributed by atoms with Gasteiger partial charge in [-0.3, -0.25) is 0 Å². The Morgan fingerprint density at radius 1 is 1.15 bits per heavy atom. The monoisotopic (exact) mass is 363 g/mol. The SMILES string of the molecule is Oc1cccc(Nc2ncc(OC3=COC=C(C4=CC=CCC4)O3)cn2)c1. The second-order valence-corrected chi connectivity index (χ2v) is 5.84. The molecule has 136 valence electrons. The smallest absolute Gasteiger partial charge is 0.327 e. The molecule has 1 aliphatic carbocycles. The van der Waals surface area contributed by atoms with Gasteiger partial charge >= 0.3 is 5.95 Å². The summed E-state index contributed by atoms with van der Waals surface area (Å²) in [5.41, 5.74) is 1.73. The average Bonchev–Trinajstić information content (AvgIpc) is 2.70. The summed E-state index contributed by atoms with van der Waals surface area (Å²) in [5.74, 6) is 1.78.